The molecule has 0 spiro atoms. The molecule has 102 valence electrons. The molecule has 19 heavy (non-hydrogen) atoms. The SMILES string of the molecule is COc1cc(C)cc(C)c1C(N(C)C)C1(C#N)CC1. The third-order valence-electron chi connectivity index (χ3n) is 4.04. The van der Waals surface area contributed by atoms with Gasteiger partial charge < -0.3 is 9.64 Å². The van der Waals surface area contributed by atoms with Gasteiger partial charge in [0.15, 0.2) is 0 Å². The number of nitrogens with zero attached hydrogens (tertiary/aromatic N) is 2. The number of ether oxygens (including phenoxy) is 1. The highest BCUT2D eigenvalue weighted by molar-refractivity contribution is 5.47. The second kappa shape index (κ2) is 4.86. The molecule has 3 nitrogen and oxygen atoms in total. The monoisotopic (exact) mass is 258 g/mol. The van der Waals surface area contributed by atoms with E-state index in [-0.39, 0.29) is 11.5 Å². The summed E-state index contributed by atoms with van der Waals surface area (Å²) in [4.78, 5) is 2.15. The number of rotatable bonds is 4. The molecule has 0 aromatic heterocycles. The number of hydrogen-bond acceptors (Lipinski definition) is 3. The summed E-state index contributed by atoms with van der Waals surface area (Å²) >= 11 is 0. The Labute approximate surface area is 115 Å². The molecule has 1 fully saturated rings. The molecule has 0 N–H and O–H groups in total. The van der Waals surface area contributed by atoms with Crippen molar-refractivity contribution in [2.45, 2.75) is 32.7 Å². The van der Waals surface area contributed by atoms with Crippen LogP contribution in [-0.4, -0.2) is 26.1 Å². The molecule has 3 heteroatoms. The third kappa shape index (κ3) is 2.33. The smallest absolute Gasteiger partial charge is 0.124 e. The number of aryl methyl sites for hydroxylation is 2. The van der Waals surface area contributed by atoms with Gasteiger partial charge in [0.1, 0.15) is 5.75 Å². The summed E-state index contributed by atoms with van der Waals surface area (Å²) < 4.78 is 5.57. The normalized spacial score (nSPS) is 17.9. The van der Waals surface area contributed by atoms with Crippen LogP contribution in [0.4, 0.5) is 0 Å². The van der Waals surface area contributed by atoms with Crippen molar-refractivity contribution in [3.05, 3.63) is 28.8 Å². The quantitative estimate of drug-likeness (QED) is 0.832. The summed E-state index contributed by atoms with van der Waals surface area (Å²) in [5.41, 5.74) is 3.32. The van der Waals surface area contributed by atoms with Crippen molar-refractivity contribution in [2.24, 2.45) is 5.41 Å². The first-order valence-corrected chi connectivity index (χ1v) is 6.68. The van der Waals surface area contributed by atoms with Gasteiger partial charge in [-0.2, -0.15) is 5.26 Å². The van der Waals surface area contributed by atoms with Gasteiger partial charge in [0.25, 0.3) is 0 Å². The van der Waals surface area contributed by atoms with E-state index < -0.39 is 0 Å². The molecule has 2 rings (SSSR count). The minimum atomic E-state index is -0.239. The van der Waals surface area contributed by atoms with E-state index in [0.29, 0.717) is 0 Å². The maximum atomic E-state index is 9.53. The van der Waals surface area contributed by atoms with E-state index in [0.717, 1.165) is 24.2 Å². The van der Waals surface area contributed by atoms with Gasteiger partial charge in [-0.3, -0.25) is 0 Å². The molecule has 0 aliphatic heterocycles. The standard InChI is InChI=1S/C16H22N2O/c1-11-8-12(2)14(13(9-11)19-5)15(18(3)4)16(10-17)6-7-16/h8-9,15H,6-7H2,1-5H3. The van der Waals surface area contributed by atoms with E-state index in [4.69, 9.17) is 4.74 Å². The van der Waals surface area contributed by atoms with Crippen LogP contribution in [0, 0.1) is 30.6 Å². The Balaban J connectivity index is 2.58. The summed E-state index contributed by atoms with van der Waals surface area (Å²) in [6.07, 6.45) is 1.95. The Bertz CT molecular complexity index is 524. The zero-order valence-corrected chi connectivity index (χ0v) is 12.4. The molecule has 0 amide bonds. The average Bonchev–Trinajstić information content (AvgIpc) is 3.12. The molecule has 0 heterocycles. The zero-order chi connectivity index (χ0) is 14.2. The average molecular weight is 258 g/mol. The fourth-order valence-corrected chi connectivity index (χ4v) is 3.07. The minimum absolute atomic E-state index is 0.105. The molecular formula is C16H22N2O. The summed E-state index contributed by atoms with van der Waals surface area (Å²) in [5, 5.41) is 9.53. The van der Waals surface area contributed by atoms with Gasteiger partial charge >= 0.3 is 0 Å². The van der Waals surface area contributed by atoms with Gasteiger partial charge in [-0.15, -0.1) is 0 Å². The van der Waals surface area contributed by atoms with E-state index in [1.165, 1.54) is 11.1 Å². The van der Waals surface area contributed by atoms with Gasteiger partial charge in [-0.05, 0) is 58.0 Å². The van der Waals surface area contributed by atoms with Crippen molar-refractivity contribution in [1.29, 1.82) is 5.26 Å². The van der Waals surface area contributed by atoms with Crippen molar-refractivity contribution in [3.8, 4) is 11.8 Å². The summed E-state index contributed by atoms with van der Waals surface area (Å²) in [7, 11) is 5.79. The fourth-order valence-electron chi connectivity index (χ4n) is 3.07. The third-order valence-corrected chi connectivity index (χ3v) is 4.04. The fraction of sp³-hybridized carbons (Fsp3) is 0.562. The van der Waals surface area contributed by atoms with E-state index in [1.54, 1.807) is 7.11 Å². The van der Waals surface area contributed by atoms with E-state index in [2.05, 4.69) is 36.9 Å². The van der Waals surface area contributed by atoms with Crippen molar-refractivity contribution in [1.82, 2.24) is 4.90 Å². The number of methoxy groups -OCH3 is 1. The number of hydrogen-bond donors (Lipinski definition) is 0. The second-order valence-electron chi connectivity index (χ2n) is 5.83. The minimum Gasteiger partial charge on any atom is -0.496 e. The number of nitriles is 1. The van der Waals surface area contributed by atoms with Crippen LogP contribution in [0.25, 0.3) is 0 Å². The van der Waals surface area contributed by atoms with Crippen LogP contribution in [0.3, 0.4) is 0 Å². The van der Waals surface area contributed by atoms with Crippen LogP contribution in [0.1, 0.15) is 35.6 Å². The van der Waals surface area contributed by atoms with Crippen molar-refractivity contribution < 1.29 is 4.74 Å². The first-order chi connectivity index (χ1) is 8.95. The van der Waals surface area contributed by atoms with E-state index in [9.17, 15) is 5.26 Å². The van der Waals surface area contributed by atoms with Crippen LogP contribution in [0.2, 0.25) is 0 Å². The highest BCUT2D eigenvalue weighted by Gasteiger charge is 2.52. The highest BCUT2D eigenvalue weighted by atomic mass is 16.5. The molecule has 0 saturated heterocycles. The topological polar surface area (TPSA) is 36.3 Å². The van der Waals surface area contributed by atoms with Crippen molar-refractivity contribution >= 4 is 0 Å². The lowest BCUT2D eigenvalue weighted by Gasteiger charge is -2.31. The van der Waals surface area contributed by atoms with Crippen LogP contribution < -0.4 is 4.74 Å². The Morgan fingerprint density at radius 3 is 2.37 bits per heavy atom. The molecule has 1 atom stereocenters. The van der Waals surface area contributed by atoms with E-state index in [1.807, 2.05) is 14.1 Å². The zero-order valence-electron chi connectivity index (χ0n) is 12.4. The first kappa shape index (κ1) is 13.9. The van der Waals surface area contributed by atoms with Gasteiger partial charge in [-0.1, -0.05) is 6.07 Å². The number of benzene rings is 1. The molecule has 0 bridgehead atoms. The predicted molar refractivity (Wildman–Crippen MR) is 76.2 cm³/mol. The Kier molecular flexibility index (Phi) is 3.56. The van der Waals surface area contributed by atoms with Crippen LogP contribution in [0.15, 0.2) is 12.1 Å². The van der Waals surface area contributed by atoms with Gasteiger partial charge in [0.05, 0.1) is 24.6 Å². The van der Waals surface area contributed by atoms with Crippen LogP contribution >= 0.6 is 0 Å². The molecule has 0 radical (unpaired) electrons. The molecule has 1 aromatic rings. The van der Waals surface area contributed by atoms with Crippen LogP contribution in [0.5, 0.6) is 5.75 Å². The summed E-state index contributed by atoms with van der Waals surface area (Å²) in [6, 6.07) is 6.86. The van der Waals surface area contributed by atoms with Gasteiger partial charge in [0.2, 0.25) is 0 Å². The lowest BCUT2D eigenvalue weighted by atomic mass is 9.86. The molecule has 1 aromatic carbocycles. The van der Waals surface area contributed by atoms with E-state index >= 15 is 0 Å². The first-order valence-electron chi connectivity index (χ1n) is 6.68. The summed E-state index contributed by atoms with van der Waals surface area (Å²) in [5.74, 6) is 0.901. The van der Waals surface area contributed by atoms with Crippen LogP contribution in [-0.2, 0) is 0 Å². The molecular weight excluding hydrogens is 236 g/mol. The maximum Gasteiger partial charge on any atom is 0.124 e. The lowest BCUT2D eigenvalue weighted by molar-refractivity contribution is 0.225. The largest absolute Gasteiger partial charge is 0.496 e. The highest BCUT2D eigenvalue weighted by Crippen LogP contribution is 2.58. The van der Waals surface area contributed by atoms with Gasteiger partial charge in [-0.25, -0.2) is 0 Å². The Hall–Kier alpha value is -1.53. The summed E-state index contributed by atoms with van der Waals surface area (Å²) in [6.45, 7) is 4.18. The molecule has 1 aliphatic rings. The Morgan fingerprint density at radius 2 is 1.95 bits per heavy atom. The molecule has 1 unspecified atom stereocenters. The maximum absolute atomic E-state index is 9.53. The molecule has 1 saturated carbocycles. The second-order valence-corrected chi connectivity index (χ2v) is 5.83. The predicted octanol–water partition coefficient (Wildman–Crippen LogP) is 3.22. The Morgan fingerprint density at radius 1 is 1.32 bits per heavy atom. The van der Waals surface area contributed by atoms with Crippen molar-refractivity contribution in [3.63, 3.8) is 0 Å². The lowest BCUT2D eigenvalue weighted by Crippen LogP contribution is -2.29. The molecule has 1 aliphatic carbocycles. The van der Waals surface area contributed by atoms with Gasteiger partial charge in [0, 0.05) is 5.56 Å². The van der Waals surface area contributed by atoms with Crippen molar-refractivity contribution in [2.75, 3.05) is 21.2 Å².